The van der Waals surface area contributed by atoms with Crippen molar-refractivity contribution in [2.75, 3.05) is 39.8 Å². The SMILES string of the molecule is C[C-](C)C(C)(C)CN1CCN(C)CC1.[CH3-].[Y]. The molecule has 0 amide bonds. The van der Waals surface area contributed by atoms with Gasteiger partial charge in [0.2, 0.25) is 0 Å². The van der Waals surface area contributed by atoms with E-state index in [1.54, 1.807) is 0 Å². The molecular weight excluding hydrogens is 273 g/mol. The molecule has 0 bridgehead atoms. The van der Waals surface area contributed by atoms with Crippen LogP contribution in [0.3, 0.4) is 0 Å². The molecule has 1 aliphatic rings. The van der Waals surface area contributed by atoms with Gasteiger partial charge < -0.3 is 23.1 Å². The van der Waals surface area contributed by atoms with Gasteiger partial charge in [0, 0.05) is 58.9 Å². The molecule has 0 aromatic carbocycles. The van der Waals surface area contributed by atoms with Crippen LogP contribution in [0.15, 0.2) is 0 Å². The summed E-state index contributed by atoms with van der Waals surface area (Å²) in [6.45, 7) is 15.3. The predicted molar refractivity (Wildman–Crippen MR) is 68.7 cm³/mol. The number of hydrogen-bond donors (Lipinski definition) is 0. The first-order valence-electron chi connectivity index (χ1n) is 5.63. The van der Waals surface area contributed by atoms with Gasteiger partial charge >= 0.3 is 0 Å². The van der Waals surface area contributed by atoms with Crippen LogP contribution in [0.2, 0.25) is 0 Å². The zero-order chi connectivity index (χ0) is 10.8. The van der Waals surface area contributed by atoms with Crippen LogP contribution in [0.4, 0.5) is 0 Å². The van der Waals surface area contributed by atoms with Gasteiger partial charge in [-0.1, -0.05) is 13.8 Å². The van der Waals surface area contributed by atoms with Crippen molar-refractivity contribution >= 4 is 0 Å². The zero-order valence-electron chi connectivity index (χ0n) is 12.0. The zero-order valence-corrected chi connectivity index (χ0v) is 14.8. The van der Waals surface area contributed by atoms with Crippen molar-refractivity contribution in [1.82, 2.24) is 9.80 Å². The molecule has 2 nitrogen and oxygen atoms in total. The van der Waals surface area contributed by atoms with Crippen LogP contribution in [-0.4, -0.2) is 49.6 Å². The Hall–Kier alpha value is 1.02. The van der Waals surface area contributed by atoms with Gasteiger partial charge in [-0.25, -0.2) is 0 Å². The Labute approximate surface area is 128 Å². The Bertz CT molecular complexity index is 173. The molecule has 0 N–H and O–H groups in total. The standard InChI is InChI=1S/C12H25N2.CH3.Y/c1-11(2)12(3,4)10-14-8-6-13(5)7-9-14;;/h6-10H2,1-5H3;1H3;/q2*-1;. The molecule has 95 valence electrons. The number of hydrogen-bond acceptors (Lipinski definition) is 2. The van der Waals surface area contributed by atoms with Crippen LogP contribution < -0.4 is 0 Å². The summed E-state index contributed by atoms with van der Waals surface area (Å²) in [6, 6.07) is 0. The van der Waals surface area contributed by atoms with E-state index in [-0.39, 0.29) is 40.1 Å². The minimum absolute atomic E-state index is 0. The van der Waals surface area contributed by atoms with Crippen LogP contribution in [0.5, 0.6) is 0 Å². The maximum Gasteiger partial charge on any atom is 0.0109 e. The van der Waals surface area contributed by atoms with E-state index in [0.29, 0.717) is 5.41 Å². The third-order valence-corrected chi connectivity index (χ3v) is 3.57. The van der Waals surface area contributed by atoms with Crippen molar-refractivity contribution in [1.29, 1.82) is 0 Å². The molecule has 16 heavy (non-hydrogen) atoms. The second-order valence-electron chi connectivity index (χ2n) is 5.46. The minimum Gasteiger partial charge on any atom is -0.358 e. The normalized spacial score (nSPS) is 19.1. The summed E-state index contributed by atoms with van der Waals surface area (Å²) in [5, 5.41) is 0. The third-order valence-electron chi connectivity index (χ3n) is 3.57. The third kappa shape index (κ3) is 6.09. The van der Waals surface area contributed by atoms with E-state index in [1.165, 1.54) is 38.6 Å². The predicted octanol–water partition coefficient (Wildman–Crippen LogP) is 2.32. The van der Waals surface area contributed by atoms with Gasteiger partial charge in [-0.3, -0.25) is 0 Å². The second kappa shape index (κ2) is 8.18. The largest absolute Gasteiger partial charge is 0.358 e. The first-order valence-corrected chi connectivity index (χ1v) is 5.63. The smallest absolute Gasteiger partial charge is 0.0109 e. The Morgan fingerprint density at radius 3 is 1.88 bits per heavy atom. The summed E-state index contributed by atoms with van der Waals surface area (Å²) in [5.41, 5.74) is 0.371. The Kier molecular flexibility index (Phi) is 9.90. The monoisotopic (exact) mass is 301 g/mol. The van der Waals surface area contributed by atoms with Crippen LogP contribution in [0.1, 0.15) is 27.7 Å². The fourth-order valence-corrected chi connectivity index (χ4v) is 1.72. The van der Waals surface area contributed by atoms with Gasteiger partial charge in [-0.05, 0) is 13.6 Å². The van der Waals surface area contributed by atoms with Crippen molar-refractivity contribution in [3.8, 4) is 0 Å². The maximum atomic E-state index is 2.59. The van der Waals surface area contributed by atoms with Gasteiger partial charge in [-0.15, -0.1) is 5.41 Å². The number of rotatable bonds is 3. The quantitative estimate of drug-likeness (QED) is 0.738. The van der Waals surface area contributed by atoms with E-state index >= 15 is 0 Å². The molecular formula is C13H28N2Y-2. The average molecular weight is 301 g/mol. The van der Waals surface area contributed by atoms with E-state index in [0.717, 1.165) is 0 Å². The van der Waals surface area contributed by atoms with Gasteiger partial charge in [0.05, 0.1) is 0 Å². The molecule has 0 unspecified atom stereocenters. The molecule has 1 rings (SSSR count). The van der Waals surface area contributed by atoms with E-state index in [9.17, 15) is 0 Å². The molecule has 0 aliphatic carbocycles. The molecule has 1 aliphatic heterocycles. The summed E-state index contributed by atoms with van der Waals surface area (Å²) >= 11 is 0. The van der Waals surface area contributed by atoms with Crippen LogP contribution in [-0.2, 0) is 32.7 Å². The molecule has 0 aromatic rings. The Balaban J connectivity index is 0. The minimum atomic E-state index is 0. The summed E-state index contributed by atoms with van der Waals surface area (Å²) < 4.78 is 0. The molecule has 1 radical (unpaired) electrons. The summed E-state index contributed by atoms with van der Waals surface area (Å²) in [4.78, 5) is 5.00. The van der Waals surface area contributed by atoms with Crippen molar-refractivity contribution < 1.29 is 32.7 Å². The van der Waals surface area contributed by atoms with Crippen LogP contribution in [0.25, 0.3) is 0 Å². The molecule has 1 fully saturated rings. The molecule has 3 heteroatoms. The summed E-state index contributed by atoms with van der Waals surface area (Å²) in [5.74, 6) is 1.54. The second-order valence-corrected chi connectivity index (χ2v) is 5.46. The molecule has 0 atom stereocenters. The molecule has 0 aromatic heterocycles. The van der Waals surface area contributed by atoms with Crippen LogP contribution in [0, 0.1) is 18.8 Å². The summed E-state index contributed by atoms with van der Waals surface area (Å²) in [6.07, 6.45) is 0. The van der Waals surface area contributed by atoms with Crippen molar-refractivity contribution in [3.05, 3.63) is 13.3 Å². The van der Waals surface area contributed by atoms with Crippen molar-refractivity contribution in [2.45, 2.75) is 27.7 Å². The van der Waals surface area contributed by atoms with Crippen molar-refractivity contribution in [3.63, 3.8) is 0 Å². The van der Waals surface area contributed by atoms with Crippen molar-refractivity contribution in [2.24, 2.45) is 5.41 Å². The van der Waals surface area contributed by atoms with Crippen LogP contribution >= 0.6 is 0 Å². The summed E-state index contributed by atoms with van der Waals surface area (Å²) in [7, 11) is 2.21. The number of nitrogens with zero attached hydrogens (tertiary/aromatic N) is 2. The van der Waals surface area contributed by atoms with E-state index < -0.39 is 0 Å². The Morgan fingerprint density at radius 2 is 1.50 bits per heavy atom. The first-order chi connectivity index (χ1) is 6.42. The topological polar surface area (TPSA) is 6.48 Å². The fourth-order valence-electron chi connectivity index (χ4n) is 1.72. The molecule has 0 saturated carbocycles. The molecule has 1 heterocycles. The van der Waals surface area contributed by atoms with Gasteiger partial charge in [-0.2, -0.15) is 13.8 Å². The van der Waals surface area contributed by atoms with E-state index in [2.05, 4.69) is 44.5 Å². The van der Waals surface area contributed by atoms with Gasteiger partial charge in [0.25, 0.3) is 0 Å². The van der Waals surface area contributed by atoms with E-state index in [4.69, 9.17) is 0 Å². The molecule has 0 spiro atoms. The van der Waals surface area contributed by atoms with E-state index in [1.807, 2.05) is 0 Å². The number of likely N-dealkylation sites (N-methyl/N-ethyl adjacent to an activating group) is 1. The molecule has 1 saturated heterocycles. The maximum absolute atomic E-state index is 2.59. The average Bonchev–Trinajstić information content (AvgIpc) is 2.08. The first kappa shape index (κ1) is 19.4. The fraction of sp³-hybridized carbons (Fsp3) is 0.846. The number of piperazine rings is 1. The van der Waals surface area contributed by atoms with Gasteiger partial charge in [0.1, 0.15) is 0 Å². The Morgan fingerprint density at radius 1 is 1.06 bits per heavy atom. The van der Waals surface area contributed by atoms with Gasteiger partial charge in [0.15, 0.2) is 0 Å².